The number of pyridine rings is 1. The fourth-order valence-electron chi connectivity index (χ4n) is 2.99. The SMILES string of the molecule is O=C(CN1C(=O)c2ccccc2C1=O)NCc1cccnc1-c1cccs1. The number of nitrogens with zero attached hydrogens (tertiary/aromatic N) is 2. The van der Waals surface area contributed by atoms with Gasteiger partial charge >= 0.3 is 0 Å². The number of hydrogen-bond donors (Lipinski definition) is 1. The van der Waals surface area contributed by atoms with Gasteiger partial charge in [0.2, 0.25) is 5.91 Å². The maximum atomic E-state index is 12.3. The van der Waals surface area contributed by atoms with Crippen LogP contribution in [0.1, 0.15) is 26.3 Å². The summed E-state index contributed by atoms with van der Waals surface area (Å²) in [6, 6.07) is 14.2. The van der Waals surface area contributed by atoms with Gasteiger partial charge in [0.1, 0.15) is 6.54 Å². The Balaban J connectivity index is 1.43. The molecule has 0 saturated carbocycles. The molecule has 3 heterocycles. The van der Waals surface area contributed by atoms with E-state index in [2.05, 4.69) is 10.3 Å². The first kappa shape index (κ1) is 17.1. The van der Waals surface area contributed by atoms with Crippen molar-refractivity contribution in [3.8, 4) is 10.6 Å². The standard InChI is InChI=1S/C20H15N3O3S/c24-17(12-23-19(25)14-6-1-2-7-15(14)20(23)26)22-11-13-5-3-9-21-18(13)16-8-4-10-27-16/h1-10H,11-12H2,(H,22,24). The maximum absolute atomic E-state index is 12.3. The van der Waals surface area contributed by atoms with E-state index in [1.165, 1.54) is 0 Å². The Kier molecular flexibility index (Phi) is 4.52. The molecule has 7 heteroatoms. The van der Waals surface area contributed by atoms with Crippen LogP contribution in [0, 0.1) is 0 Å². The summed E-state index contributed by atoms with van der Waals surface area (Å²) in [5.74, 6) is -1.27. The molecule has 134 valence electrons. The summed E-state index contributed by atoms with van der Waals surface area (Å²) < 4.78 is 0. The zero-order valence-corrected chi connectivity index (χ0v) is 15.0. The number of nitrogens with one attached hydrogen (secondary N) is 1. The summed E-state index contributed by atoms with van der Waals surface area (Å²) in [4.78, 5) is 43.4. The van der Waals surface area contributed by atoms with Crippen molar-refractivity contribution < 1.29 is 14.4 Å². The van der Waals surface area contributed by atoms with Crippen molar-refractivity contribution in [3.63, 3.8) is 0 Å². The Morgan fingerprint density at radius 1 is 1.00 bits per heavy atom. The van der Waals surface area contributed by atoms with Gasteiger partial charge in [-0.15, -0.1) is 11.3 Å². The van der Waals surface area contributed by atoms with Gasteiger partial charge in [0.05, 0.1) is 21.7 Å². The Bertz CT molecular complexity index is 995. The summed E-state index contributed by atoms with van der Waals surface area (Å²) in [7, 11) is 0. The van der Waals surface area contributed by atoms with Crippen LogP contribution in [-0.4, -0.2) is 34.2 Å². The van der Waals surface area contributed by atoms with E-state index in [-0.39, 0.29) is 13.1 Å². The molecule has 0 atom stereocenters. The molecule has 0 radical (unpaired) electrons. The highest BCUT2D eigenvalue weighted by atomic mass is 32.1. The first-order chi connectivity index (χ1) is 13.1. The quantitative estimate of drug-likeness (QED) is 0.694. The van der Waals surface area contributed by atoms with Gasteiger partial charge in [-0.05, 0) is 35.2 Å². The number of rotatable bonds is 5. The summed E-state index contributed by atoms with van der Waals surface area (Å²) in [5, 5.41) is 4.74. The molecular formula is C20H15N3O3S. The van der Waals surface area contributed by atoms with Crippen molar-refractivity contribution in [2.24, 2.45) is 0 Å². The number of aromatic nitrogens is 1. The molecule has 1 N–H and O–H groups in total. The lowest BCUT2D eigenvalue weighted by Crippen LogP contribution is -2.40. The summed E-state index contributed by atoms with van der Waals surface area (Å²) >= 11 is 1.57. The Morgan fingerprint density at radius 3 is 2.41 bits per heavy atom. The van der Waals surface area contributed by atoms with Crippen LogP contribution in [0.5, 0.6) is 0 Å². The molecule has 6 nitrogen and oxygen atoms in total. The van der Waals surface area contributed by atoms with Crippen molar-refractivity contribution in [2.75, 3.05) is 6.54 Å². The van der Waals surface area contributed by atoms with E-state index in [1.54, 1.807) is 41.8 Å². The molecule has 0 aliphatic carbocycles. The summed E-state index contributed by atoms with van der Waals surface area (Å²) in [5.41, 5.74) is 2.36. The van der Waals surface area contributed by atoms with Gasteiger partial charge in [-0.3, -0.25) is 24.3 Å². The number of amides is 3. The first-order valence-electron chi connectivity index (χ1n) is 8.35. The number of imide groups is 1. The number of benzene rings is 1. The monoisotopic (exact) mass is 377 g/mol. The number of carbonyl (C=O) groups is 3. The van der Waals surface area contributed by atoms with Crippen molar-refractivity contribution in [2.45, 2.75) is 6.54 Å². The van der Waals surface area contributed by atoms with Gasteiger partial charge in [-0.2, -0.15) is 0 Å². The van der Waals surface area contributed by atoms with Gasteiger partial charge in [-0.25, -0.2) is 0 Å². The predicted molar refractivity (Wildman–Crippen MR) is 101 cm³/mol. The third kappa shape index (κ3) is 3.24. The predicted octanol–water partition coefficient (Wildman–Crippen LogP) is 2.72. The highest BCUT2D eigenvalue weighted by Crippen LogP contribution is 2.26. The van der Waals surface area contributed by atoms with Gasteiger partial charge in [0, 0.05) is 12.7 Å². The zero-order valence-electron chi connectivity index (χ0n) is 14.2. The minimum atomic E-state index is -0.439. The molecule has 27 heavy (non-hydrogen) atoms. The van der Waals surface area contributed by atoms with Crippen LogP contribution in [0.15, 0.2) is 60.1 Å². The van der Waals surface area contributed by atoms with Gasteiger partial charge in [0.15, 0.2) is 0 Å². The maximum Gasteiger partial charge on any atom is 0.262 e. The lowest BCUT2D eigenvalue weighted by molar-refractivity contribution is -0.121. The average Bonchev–Trinajstić information content (AvgIpc) is 3.31. The molecule has 0 saturated heterocycles. The van der Waals surface area contributed by atoms with Crippen LogP contribution in [0.4, 0.5) is 0 Å². The Morgan fingerprint density at radius 2 is 1.74 bits per heavy atom. The molecule has 0 fully saturated rings. The van der Waals surface area contributed by atoms with Crippen LogP contribution < -0.4 is 5.32 Å². The van der Waals surface area contributed by atoms with Crippen molar-refractivity contribution >= 4 is 29.1 Å². The number of carbonyl (C=O) groups excluding carboxylic acids is 3. The molecule has 0 unspecified atom stereocenters. The highest BCUT2D eigenvalue weighted by molar-refractivity contribution is 7.13. The van der Waals surface area contributed by atoms with Gasteiger partial charge < -0.3 is 5.32 Å². The van der Waals surface area contributed by atoms with Crippen LogP contribution in [-0.2, 0) is 11.3 Å². The molecule has 0 bridgehead atoms. The molecule has 3 aromatic rings. The molecule has 3 amide bonds. The smallest absolute Gasteiger partial charge is 0.262 e. The number of thiophene rings is 1. The molecule has 1 aliphatic rings. The third-order valence-electron chi connectivity index (χ3n) is 4.30. The van der Waals surface area contributed by atoms with E-state index < -0.39 is 17.7 Å². The van der Waals surface area contributed by atoms with E-state index in [9.17, 15) is 14.4 Å². The molecule has 4 rings (SSSR count). The van der Waals surface area contributed by atoms with E-state index in [0.29, 0.717) is 11.1 Å². The normalized spacial score (nSPS) is 13.0. The topological polar surface area (TPSA) is 79.4 Å². The number of hydrogen-bond acceptors (Lipinski definition) is 5. The number of fused-ring (bicyclic) bond motifs is 1. The molecule has 1 aliphatic heterocycles. The van der Waals surface area contributed by atoms with E-state index in [4.69, 9.17) is 0 Å². The van der Waals surface area contributed by atoms with Crippen LogP contribution in [0.3, 0.4) is 0 Å². The molecule has 0 spiro atoms. The summed E-state index contributed by atoms with van der Waals surface area (Å²) in [6.45, 7) is -0.0377. The summed E-state index contributed by atoms with van der Waals surface area (Å²) in [6.07, 6.45) is 1.71. The van der Waals surface area contributed by atoms with Crippen LogP contribution in [0.2, 0.25) is 0 Å². The largest absolute Gasteiger partial charge is 0.350 e. The minimum Gasteiger partial charge on any atom is -0.350 e. The van der Waals surface area contributed by atoms with Crippen LogP contribution >= 0.6 is 11.3 Å². The molecule has 2 aromatic heterocycles. The van der Waals surface area contributed by atoms with Gasteiger partial charge in [-0.1, -0.05) is 24.3 Å². The lowest BCUT2D eigenvalue weighted by atomic mass is 10.1. The third-order valence-corrected chi connectivity index (χ3v) is 5.18. The Hall–Kier alpha value is -3.32. The molecular weight excluding hydrogens is 362 g/mol. The lowest BCUT2D eigenvalue weighted by Gasteiger charge is -2.14. The second kappa shape index (κ2) is 7.13. The Labute approximate surface area is 159 Å². The van der Waals surface area contributed by atoms with Crippen molar-refractivity contribution in [3.05, 3.63) is 76.8 Å². The highest BCUT2D eigenvalue weighted by Gasteiger charge is 2.36. The van der Waals surface area contributed by atoms with E-state index in [0.717, 1.165) is 21.0 Å². The van der Waals surface area contributed by atoms with Crippen molar-refractivity contribution in [1.29, 1.82) is 0 Å². The van der Waals surface area contributed by atoms with Crippen molar-refractivity contribution in [1.82, 2.24) is 15.2 Å². The van der Waals surface area contributed by atoms with Crippen LogP contribution in [0.25, 0.3) is 10.6 Å². The van der Waals surface area contributed by atoms with E-state index >= 15 is 0 Å². The fraction of sp³-hybridized carbons (Fsp3) is 0.100. The average molecular weight is 377 g/mol. The zero-order chi connectivity index (χ0) is 18.8. The minimum absolute atomic E-state index is 0.267. The molecule has 1 aromatic carbocycles. The second-order valence-electron chi connectivity index (χ2n) is 6.01. The second-order valence-corrected chi connectivity index (χ2v) is 6.95. The van der Waals surface area contributed by atoms with Gasteiger partial charge in [0.25, 0.3) is 11.8 Å². The first-order valence-corrected chi connectivity index (χ1v) is 9.23. The van der Waals surface area contributed by atoms with E-state index in [1.807, 2.05) is 29.6 Å². The fourth-order valence-corrected chi connectivity index (χ4v) is 3.75.